The van der Waals surface area contributed by atoms with Crippen molar-refractivity contribution in [1.29, 1.82) is 0 Å². The van der Waals surface area contributed by atoms with Crippen molar-refractivity contribution in [3.63, 3.8) is 0 Å². The highest BCUT2D eigenvalue weighted by atomic mass is 35.5. The van der Waals surface area contributed by atoms with E-state index in [1.165, 1.54) is 42.5 Å². The third-order valence-electron chi connectivity index (χ3n) is 5.11. The minimum Gasteiger partial charge on any atom is -0.369 e. The van der Waals surface area contributed by atoms with E-state index in [0.717, 1.165) is 0 Å². The molecule has 0 aliphatic heterocycles. The molecule has 3 aromatic rings. The van der Waals surface area contributed by atoms with Crippen LogP contribution in [0.2, 0.25) is 10.0 Å². The predicted molar refractivity (Wildman–Crippen MR) is 137 cm³/mol. The number of pyridine rings is 1. The molecular weight excluding hydrogens is 530 g/mol. The van der Waals surface area contributed by atoms with Crippen molar-refractivity contribution in [3.05, 3.63) is 93.4 Å². The molecule has 0 fully saturated rings. The number of aromatic nitrogens is 1. The van der Waals surface area contributed by atoms with Gasteiger partial charge in [-0.15, -0.1) is 0 Å². The van der Waals surface area contributed by atoms with Crippen LogP contribution in [0.5, 0.6) is 0 Å². The fraction of sp³-hybridized carbons (Fsp3) is 0.125. The predicted octanol–water partition coefficient (Wildman–Crippen LogP) is 3.36. The quantitative estimate of drug-likeness (QED) is 0.354. The van der Waals surface area contributed by atoms with Crippen LogP contribution >= 0.6 is 23.2 Å². The molecule has 1 heterocycles. The summed E-state index contributed by atoms with van der Waals surface area (Å²) >= 11 is 12.7. The Bertz CT molecular complexity index is 1440. The molecule has 5 N–H and O–H groups in total. The second-order valence-electron chi connectivity index (χ2n) is 7.74. The van der Waals surface area contributed by atoms with Crippen molar-refractivity contribution < 1.29 is 22.4 Å². The van der Waals surface area contributed by atoms with E-state index in [9.17, 15) is 22.4 Å². The first-order chi connectivity index (χ1) is 16.9. The largest absolute Gasteiger partial charge is 0.369 e. The summed E-state index contributed by atoms with van der Waals surface area (Å²) in [5.74, 6) is -4.43. The molecule has 0 aliphatic carbocycles. The van der Waals surface area contributed by atoms with Crippen LogP contribution in [0.3, 0.4) is 0 Å². The average molecular weight is 551 g/mol. The summed E-state index contributed by atoms with van der Waals surface area (Å²) in [4.78, 5) is 28.3. The van der Waals surface area contributed by atoms with Crippen molar-refractivity contribution in [1.82, 2.24) is 9.71 Å². The number of hydrogen-bond donors (Lipinski definition) is 3. The van der Waals surface area contributed by atoms with Crippen LogP contribution in [0.25, 0.3) is 17.3 Å². The van der Waals surface area contributed by atoms with Crippen LogP contribution in [0.1, 0.15) is 28.3 Å². The van der Waals surface area contributed by atoms with Crippen molar-refractivity contribution in [2.45, 2.75) is 12.5 Å². The van der Waals surface area contributed by atoms with Gasteiger partial charge in [-0.2, -0.15) is 0 Å². The van der Waals surface area contributed by atoms with E-state index < -0.39 is 39.3 Å². The Morgan fingerprint density at radius 3 is 2.36 bits per heavy atom. The monoisotopic (exact) mass is 550 g/mol. The van der Waals surface area contributed by atoms with Gasteiger partial charge in [0.25, 0.3) is 0 Å². The van der Waals surface area contributed by atoms with E-state index >= 15 is 0 Å². The molecule has 1 unspecified atom stereocenters. The summed E-state index contributed by atoms with van der Waals surface area (Å²) in [6, 6.07) is 11.6. The lowest BCUT2D eigenvalue weighted by molar-refractivity contribution is -0.118. The molecule has 188 valence electrons. The first kappa shape index (κ1) is 27.3. The Hall–Kier alpha value is -3.31. The molecule has 0 spiro atoms. The minimum absolute atomic E-state index is 0.124. The number of nitrogens with two attached hydrogens (primary N) is 2. The highest BCUT2D eigenvalue weighted by molar-refractivity contribution is 7.90. The Morgan fingerprint density at radius 2 is 1.78 bits per heavy atom. The van der Waals surface area contributed by atoms with Crippen molar-refractivity contribution in [2.24, 2.45) is 11.5 Å². The topological polar surface area (TPSA) is 145 Å². The Balaban J connectivity index is 2.21. The van der Waals surface area contributed by atoms with Gasteiger partial charge in [0.2, 0.25) is 21.8 Å². The number of halogens is 3. The van der Waals surface area contributed by atoms with Gasteiger partial charge in [0.05, 0.1) is 11.4 Å². The first-order valence-corrected chi connectivity index (χ1v) is 12.7. The number of hydrogen-bond acceptors (Lipinski definition) is 5. The third kappa shape index (κ3) is 6.46. The zero-order chi connectivity index (χ0) is 26.6. The van der Waals surface area contributed by atoms with Crippen LogP contribution in [-0.4, -0.2) is 31.0 Å². The number of benzene rings is 2. The number of sulfonamides is 1. The summed E-state index contributed by atoms with van der Waals surface area (Å²) in [7, 11) is -4.03. The highest BCUT2D eigenvalue weighted by Gasteiger charge is 2.28. The lowest BCUT2D eigenvalue weighted by Gasteiger charge is -2.19. The van der Waals surface area contributed by atoms with Gasteiger partial charge in [-0.25, -0.2) is 17.5 Å². The SMILES string of the molecule is C=Cc1cc(F)ccc1-c1cc(CNS(=O)(=O)CC(N)=O)cc(C(C(N)=O)c2c(Cl)cccc2Cl)n1. The molecule has 8 nitrogen and oxygen atoms in total. The van der Waals surface area contributed by atoms with Gasteiger partial charge < -0.3 is 11.5 Å². The summed E-state index contributed by atoms with van der Waals surface area (Å²) in [6.45, 7) is 3.42. The smallest absolute Gasteiger partial charge is 0.234 e. The van der Waals surface area contributed by atoms with Gasteiger partial charge in [-0.05, 0) is 53.6 Å². The summed E-state index contributed by atoms with van der Waals surface area (Å²) in [5, 5.41) is 0.353. The molecule has 2 aromatic carbocycles. The van der Waals surface area contributed by atoms with Gasteiger partial charge in [0.15, 0.2) is 0 Å². The van der Waals surface area contributed by atoms with E-state index in [0.29, 0.717) is 16.7 Å². The summed E-state index contributed by atoms with van der Waals surface area (Å²) in [5.41, 5.74) is 12.6. The van der Waals surface area contributed by atoms with Crippen LogP contribution < -0.4 is 16.2 Å². The second-order valence-corrected chi connectivity index (χ2v) is 10.4. The van der Waals surface area contributed by atoms with Crippen LogP contribution in [-0.2, 0) is 26.2 Å². The zero-order valence-corrected chi connectivity index (χ0v) is 21.0. The molecule has 3 rings (SSSR count). The van der Waals surface area contributed by atoms with Gasteiger partial charge in [0, 0.05) is 27.7 Å². The maximum atomic E-state index is 13.8. The number of nitrogens with zero attached hydrogens (tertiary/aromatic N) is 1. The molecule has 36 heavy (non-hydrogen) atoms. The van der Waals surface area contributed by atoms with Crippen LogP contribution in [0.4, 0.5) is 4.39 Å². The molecule has 1 aromatic heterocycles. The van der Waals surface area contributed by atoms with Crippen LogP contribution in [0, 0.1) is 5.82 Å². The highest BCUT2D eigenvalue weighted by Crippen LogP contribution is 2.36. The molecule has 2 amide bonds. The molecular formula is C24H21Cl2FN4O4S. The number of carbonyl (C=O) groups is 2. The average Bonchev–Trinajstić information content (AvgIpc) is 2.79. The third-order valence-corrected chi connectivity index (χ3v) is 7.02. The van der Waals surface area contributed by atoms with E-state index in [2.05, 4.69) is 16.3 Å². The molecule has 0 saturated carbocycles. The van der Waals surface area contributed by atoms with E-state index in [1.807, 2.05) is 0 Å². The van der Waals surface area contributed by atoms with Crippen molar-refractivity contribution in [3.8, 4) is 11.3 Å². The normalized spacial score (nSPS) is 12.2. The van der Waals surface area contributed by atoms with Crippen molar-refractivity contribution >= 4 is 51.1 Å². The Kier molecular flexibility index (Phi) is 8.47. The molecule has 0 aliphatic rings. The molecule has 0 radical (unpaired) electrons. The van der Waals surface area contributed by atoms with Gasteiger partial charge in [-0.1, -0.05) is 41.9 Å². The number of amides is 2. The standard InChI is InChI=1S/C24H21Cl2FN4O4S/c1-2-14-10-15(27)6-7-16(14)19-8-13(11-30-36(34,35)12-21(28)32)9-20(31-19)23(24(29)33)22-17(25)4-3-5-18(22)26/h2-10,23,30H,1,11-12H2,(H2,28,32)(H2,29,33). The fourth-order valence-corrected chi connectivity index (χ4v) is 5.07. The van der Waals surface area contributed by atoms with Crippen LogP contribution in [0.15, 0.2) is 55.1 Å². The minimum atomic E-state index is -4.03. The number of primary amides is 2. The number of rotatable bonds is 10. The van der Waals surface area contributed by atoms with Crippen molar-refractivity contribution in [2.75, 3.05) is 5.75 Å². The zero-order valence-electron chi connectivity index (χ0n) is 18.7. The van der Waals surface area contributed by atoms with E-state index in [1.54, 1.807) is 12.1 Å². The molecule has 1 atom stereocenters. The summed E-state index contributed by atoms with van der Waals surface area (Å²) in [6.07, 6.45) is 1.43. The number of nitrogens with one attached hydrogen (secondary N) is 1. The van der Waals surface area contributed by atoms with Gasteiger partial charge >= 0.3 is 0 Å². The number of carbonyl (C=O) groups excluding carboxylic acids is 2. The van der Waals surface area contributed by atoms with Gasteiger partial charge in [-0.3, -0.25) is 14.6 Å². The second kappa shape index (κ2) is 11.2. The summed E-state index contributed by atoms with van der Waals surface area (Å²) < 4.78 is 40.4. The molecule has 12 heteroatoms. The fourth-order valence-electron chi connectivity index (χ4n) is 3.59. The first-order valence-electron chi connectivity index (χ1n) is 10.3. The Labute approximate surface area is 217 Å². The Morgan fingerprint density at radius 1 is 1.11 bits per heavy atom. The molecule has 0 saturated heterocycles. The molecule has 0 bridgehead atoms. The van der Waals surface area contributed by atoms with Gasteiger partial charge in [0.1, 0.15) is 17.5 Å². The van der Waals surface area contributed by atoms with E-state index in [4.69, 9.17) is 34.7 Å². The lowest BCUT2D eigenvalue weighted by atomic mass is 9.92. The maximum Gasteiger partial charge on any atom is 0.234 e. The lowest BCUT2D eigenvalue weighted by Crippen LogP contribution is -2.33. The maximum absolute atomic E-state index is 13.8. The van der Waals surface area contributed by atoms with E-state index in [-0.39, 0.29) is 33.5 Å².